The number of aromatic nitrogens is 2. The topological polar surface area (TPSA) is 113 Å². The molecule has 0 saturated carbocycles. The van der Waals surface area contributed by atoms with Gasteiger partial charge >= 0.3 is 5.69 Å². The van der Waals surface area contributed by atoms with Gasteiger partial charge in [-0.25, -0.2) is 4.79 Å². The molecule has 0 bridgehead atoms. The number of nitroso groups, excluding NO2 is 1. The fourth-order valence-corrected chi connectivity index (χ4v) is 1.79. The van der Waals surface area contributed by atoms with Gasteiger partial charge in [0.15, 0.2) is 0 Å². The summed E-state index contributed by atoms with van der Waals surface area (Å²) in [6.07, 6.45) is 2.81. The zero-order valence-corrected chi connectivity index (χ0v) is 10.5. The highest BCUT2D eigenvalue weighted by Gasteiger charge is 2.18. The van der Waals surface area contributed by atoms with E-state index in [1.807, 2.05) is 0 Å². The van der Waals surface area contributed by atoms with Crippen molar-refractivity contribution in [3.05, 3.63) is 62.6 Å². The van der Waals surface area contributed by atoms with Crippen molar-refractivity contribution >= 4 is 11.5 Å². The number of anilines is 1. The smallest absolute Gasteiger partial charge is 0.333 e. The third kappa shape index (κ3) is 2.18. The predicted molar refractivity (Wildman–Crippen MR) is 72.8 cm³/mol. The van der Waals surface area contributed by atoms with Gasteiger partial charge in [-0.3, -0.25) is 13.9 Å². The van der Waals surface area contributed by atoms with Crippen LogP contribution in [0.25, 0.3) is 0 Å². The molecule has 0 saturated heterocycles. The normalized spacial score (nSPS) is 10.4. The largest absolute Gasteiger partial charge is 0.467 e. The number of furan rings is 1. The second-order valence-electron chi connectivity index (χ2n) is 3.98. The zero-order valence-electron chi connectivity index (χ0n) is 10.5. The molecular weight excluding hydrogens is 264 g/mol. The van der Waals surface area contributed by atoms with Gasteiger partial charge in [0.1, 0.15) is 11.6 Å². The second-order valence-corrected chi connectivity index (χ2v) is 3.98. The van der Waals surface area contributed by atoms with Gasteiger partial charge in [-0.05, 0) is 17.3 Å². The van der Waals surface area contributed by atoms with Crippen LogP contribution in [0.5, 0.6) is 0 Å². The SMILES string of the molecule is C=CCn1c(=O)c(N=O)c(N)n(Cc2ccco2)c1=O. The van der Waals surface area contributed by atoms with Crippen LogP contribution in [0.2, 0.25) is 0 Å². The number of hydrogen-bond donors (Lipinski definition) is 1. The molecule has 20 heavy (non-hydrogen) atoms. The van der Waals surface area contributed by atoms with Crippen molar-refractivity contribution in [1.82, 2.24) is 9.13 Å². The molecule has 8 nitrogen and oxygen atoms in total. The molecule has 2 heterocycles. The molecule has 8 heteroatoms. The Balaban J connectivity index is 2.69. The summed E-state index contributed by atoms with van der Waals surface area (Å²) in [4.78, 5) is 34.9. The fraction of sp³-hybridized carbons (Fsp3) is 0.167. The fourth-order valence-electron chi connectivity index (χ4n) is 1.79. The van der Waals surface area contributed by atoms with Crippen molar-refractivity contribution in [2.24, 2.45) is 5.18 Å². The third-order valence-corrected chi connectivity index (χ3v) is 2.74. The maximum Gasteiger partial charge on any atom is 0.333 e. The molecule has 0 aliphatic rings. The van der Waals surface area contributed by atoms with Gasteiger partial charge in [0, 0.05) is 6.54 Å². The van der Waals surface area contributed by atoms with E-state index in [-0.39, 0.29) is 18.9 Å². The maximum atomic E-state index is 12.2. The van der Waals surface area contributed by atoms with E-state index < -0.39 is 16.9 Å². The van der Waals surface area contributed by atoms with Gasteiger partial charge < -0.3 is 10.2 Å². The predicted octanol–water partition coefficient (Wildman–Crippen LogP) is 0.817. The number of allylic oxidation sites excluding steroid dienone is 1. The number of nitrogens with zero attached hydrogens (tertiary/aromatic N) is 3. The Morgan fingerprint density at radius 1 is 1.40 bits per heavy atom. The van der Waals surface area contributed by atoms with Gasteiger partial charge in [-0.2, -0.15) is 0 Å². The Bertz CT molecular complexity index is 755. The molecule has 0 aliphatic carbocycles. The first-order chi connectivity index (χ1) is 9.60. The van der Waals surface area contributed by atoms with Crippen molar-refractivity contribution in [2.75, 3.05) is 5.73 Å². The van der Waals surface area contributed by atoms with Crippen LogP contribution >= 0.6 is 0 Å². The minimum Gasteiger partial charge on any atom is -0.467 e. The third-order valence-electron chi connectivity index (χ3n) is 2.74. The van der Waals surface area contributed by atoms with Crippen molar-refractivity contribution in [3.63, 3.8) is 0 Å². The Kier molecular flexibility index (Phi) is 3.65. The number of nitrogen functional groups attached to an aromatic ring is 1. The quantitative estimate of drug-likeness (QED) is 0.641. The minimum absolute atomic E-state index is 0.00237. The average molecular weight is 276 g/mol. The molecule has 0 fully saturated rings. The van der Waals surface area contributed by atoms with Crippen LogP contribution in [0, 0.1) is 4.91 Å². The monoisotopic (exact) mass is 276 g/mol. The molecule has 0 spiro atoms. The van der Waals surface area contributed by atoms with Crippen LogP contribution in [0.15, 0.2) is 50.2 Å². The Morgan fingerprint density at radius 2 is 2.15 bits per heavy atom. The van der Waals surface area contributed by atoms with E-state index in [4.69, 9.17) is 10.2 Å². The Labute approximate surface area is 112 Å². The van der Waals surface area contributed by atoms with Crippen molar-refractivity contribution < 1.29 is 4.42 Å². The first-order valence-electron chi connectivity index (χ1n) is 5.70. The van der Waals surface area contributed by atoms with E-state index in [1.165, 1.54) is 12.3 Å². The summed E-state index contributed by atoms with van der Waals surface area (Å²) >= 11 is 0. The average Bonchev–Trinajstić information content (AvgIpc) is 2.93. The van der Waals surface area contributed by atoms with E-state index in [0.717, 1.165) is 9.13 Å². The van der Waals surface area contributed by atoms with Gasteiger partial charge in [-0.1, -0.05) is 6.08 Å². The molecular formula is C12H12N4O4. The van der Waals surface area contributed by atoms with E-state index in [2.05, 4.69) is 11.8 Å². The molecule has 0 unspecified atom stereocenters. The summed E-state index contributed by atoms with van der Waals surface area (Å²) in [5.41, 5.74) is 3.67. The molecule has 2 aromatic rings. The van der Waals surface area contributed by atoms with Gasteiger partial charge in [0.25, 0.3) is 5.56 Å². The van der Waals surface area contributed by atoms with Crippen LogP contribution in [-0.2, 0) is 13.1 Å². The minimum atomic E-state index is -0.835. The molecule has 0 amide bonds. The summed E-state index contributed by atoms with van der Waals surface area (Å²) in [5, 5.41) is 2.61. The lowest BCUT2D eigenvalue weighted by atomic mass is 10.4. The molecule has 0 aliphatic heterocycles. The first-order valence-corrected chi connectivity index (χ1v) is 5.70. The summed E-state index contributed by atoms with van der Waals surface area (Å²) in [6, 6.07) is 3.29. The van der Waals surface area contributed by atoms with Gasteiger partial charge in [0.05, 0.1) is 12.8 Å². The van der Waals surface area contributed by atoms with Crippen LogP contribution in [0.1, 0.15) is 5.76 Å². The summed E-state index contributed by atoms with van der Waals surface area (Å²) in [7, 11) is 0. The Hall–Kier alpha value is -2.90. The highest BCUT2D eigenvalue weighted by atomic mass is 16.3. The number of hydrogen-bond acceptors (Lipinski definition) is 6. The van der Waals surface area contributed by atoms with Crippen LogP contribution in [0.4, 0.5) is 11.5 Å². The summed E-state index contributed by atoms with van der Waals surface area (Å²) in [6.45, 7) is 3.41. The maximum absolute atomic E-state index is 12.2. The van der Waals surface area contributed by atoms with E-state index in [9.17, 15) is 14.5 Å². The lowest BCUT2D eigenvalue weighted by Crippen LogP contribution is -2.40. The van der Waals surface area contributed by atoms with Gasteiger partial charge in [0.2, 0.25) is 5.69 Å². The van der Waals surface area contributed by atoms with Crippen LogP contribution in [0.3, 0.4) is 0 Å². The standard InChI is InChI=1S/C12H12N4O4/c1-2-5-15-11(17)9(14-19)10(13)16(12(15)18)7-8-4-3-6-20-8/h2-4,6H,1,5,7,13H2. The summed E-state index contributed by atoms with van der Waals surface area (Å²) < 4.78 is 7.01. The molecule has 2 rings (SSSR count). The van der Waals surface area contributed by atoms with E-state index >= 15 is 0 Å². The van der Waals surface area contributed by atoms with E-state index in [0.29, 0.717) is 5.76 Å². The first kappa shape index (κ1) is 13.5. The van der Waals surface area contributed by atoms with Gasteiger partial charge in [-0.15, -0.1) is 11.5 Å². The number of nitrogens with two attached hydrogens (primary N) is 1. The highest BCUT2D eigenvalue weighted by molar-refractivity contribution is 5.56. The molecule has 104 valence electrons. The second kappa shape index (κ2) is 5.39. The number of rotatable bonds is 5. The Morgan fingerprint density at radius 3 is 2.70 bits per heavy atom. The molecule has 2 N–H and O–H groups in total. The lowest BCUT2D eigenvalue weighted by Gasteiger charge is -2.12. The highest BCUT2D eigenvalue weighted by Crippen LogP contribution is 2.15. The van der Waals surface area contributed by atoms with Crippen molar-refractivity contribution in [3.8, 4) is 0 Å². The molecule has 0 atom stereocenters. The van der Waals surface area contributed by atoms with Crippen molar-refractivity contribution in [1.29, 1.82) is 0 Å². The zero-order chi connectivity index (χ0) is 14.7. The summed E-state index contributed by atoms with van der Waals surface area (Å²) in [5.74, 6) is 0.172. The van der Waals surface area contributed by atoms with Crippen LogP contribution < -0.4 is 17.0 Å². The lowest BCUT2D eigenvalue weighted by molar-refractivity contribution is 0.482. The molecule has 2 aromatic heterocycles. The van der Waals surface area contributed by atoms with Crippen molar-refractivity contribution in [2.45, 2.75) is 13.1 Å². The van der Waals surface area contributed by atoms with Crippen LogP contribution in [-0.4, -0.2) is 9.13 Å². The molecule has 0 aromatic carbocycles. The van der Waals surface area contributed by atoms with E-state index in [1.54, 1.807) is 12.1 Å². The molecule has 0 radical (unpaired) electrons.